The maximum Gasteiger partial charge on any atom is 0.417 e. The Balaban J connectivity index is 2.15. The molecule has 0 aliphatic rings. The lowest BCUT2D eigenvalue weighted by molar-refractivity contribution is -0.137. The Kier molecular flexibility index (Phi) is 4.06. The molecule has 0 aliphatic heterocycles. The lowest BCUT2D eigenvalue weighted by Gasteiger charge is -2.09. The second-order valence-corrected chi connectivity index (χ2v) is 4.74. The minimum Gasteiger partial charge on any atom is -0.292 e. The standard InChI is InChI=1S/C13H13F3N4O/c1-8(2)20-12(18-7-19-20)5-11(21)10-4-3-9(6-17-10)13(14,15)16/h3-4,6-8H,5H2,1-2H3. The molecule has 0 atom stereocenters. The number of aromatic nitrogens is 4. The number of rotatable bonds is 4. The van der Waals surface area contributed by atoms with Crippen LogP contribution in [0.2, 0.25) is 0 Å². The van der Waals surface area contributed by atoms with Crippen LogP contribution >= 0.6 is 0 Å². The molecule has 0 spiro atoms. The van der Waals surface area contributed by atoms with E-state index in [4.69, 9.17) is 0 Å². The Hall–Kier alpha value is -2.25. The quantitative estimate of drug-likeness (QED) is 0.814. The molecule has 0 aromatic carbocycles. The SMILES string of the molecule is CC(C)n1ncnc1CC(=O)c1ccc(C(F)(F)F)cn1. The van der Waals surface area contributed by atoms with Crippen LogP contribution in [-0.2, 0) is 12.6 Å². The van der Waals surface area contributed by atoms with Crippen molar-refractivity contribution in [2.45, 2.75) is 32.5 Å². The summed E-state index contributed by atoms with van der Waals surface area (Å²) >= 11 is 0. The van der Waals surface area contributed by atoms with Gasteiger partial charge in [0.15, 0.2) is 5.78 Å². The minimum absolute atomic E-state index is 0.0266. The number of carbonyl (C=O) groups excluding carboxylic acids is 1. The van der Waals surface area contributed by atoms with Gasteiger partial charge in [-0.05, 0) is 26.0 Å². The summed E-state index contributed by atoms with van der Waals surface area (Å²) in [7, 11) is 0. The zero-order valence-corrected chi connectivity index (χ0v) is 11.4. The van der Waals surface area contributed by atoms with Crippen LogP contribution in [0.1, 0.15) is 41.8 Å². The van der Waals surface area contributed by atoms with E-state index in [9.17, 15) is 18.0 Å². The second kappa shape index (κ2) is 5.63. The summed E-state index contributed by atoms with van der Waals surface area (Å²) in [6, 6.07) is 1.95. The third-order valence-electron chi connectivity index (χ3n) is 2.83. The zero-order valence-electron chi connectivity index (χ0n) is 11.4. The average molecular weight is 298 g/mol. The van der Waals surface area contributed by atoms with Gasteiger partial charge in [-0.15, -0.1) is 0 Å². The van der Waals surface area contributed by atoms with Crippen LogP contribution in [0.15, 0.2) is 24.7 Å². The van der Waals surface area contributed by atoms with E-state index in [1.54, 1.807) is 4.68 Å². The van der Waals surface area contributed by atoms with E-state index in [0.717, 1.165) is 12.1 Å². The van der Waals surface area contributed by atoms with Crippen molar-refractivity contribution in [3.05, 3.63) is 41.7 Å². The van der Waals surface area contributed by atoms with Crippen LogP contribution in [-0.4, -0.2) is 25.5 Å². The Morgan fingerprint density at radius 1 is 1.29 bits per heavy atom. The van der Waals surface area contributed by atoms with Crippen molar-refractivity contribution >= 4 is 5.78 Å². The molecule has 0 aliphatic carbocycles. The summed E-state index contributed by atoms with van der Waals surface area (Å²) in [5, 5.41) is 3.99. The molecule has 2 aromatic heterocycles. The summed E-state index contributed by atoms with van der Waals surface area (Å²) < 4.78 is 38.8. The largest absolute Gasteiger partial charge is 0.417 e. The summed E-state index contributed by atoms with van der Waals surface area (Å²) in [5.41, 5.74) is -0.911. The summed E-state index contributed by atoms with van der Waals surface area (Å²) in [4.78, 5) is 19.6. The first-order valence-corrected chi connectivity index (χ1v) is 6.24. The van der Waals surface area contributed by atoms with Crippen LogP contribution in [0.5, 0.6) is 0 Å². The fourth-order valence-electron chi connectivity index (χ4n) is 1.79. The molecule has 0 radical (unpaired) electrons. The van der Waals surface area contributed by atoms with Gasteiger partial charge in [0.05, 0.1) is 12.0 Å². The number of halogens is 3. The highest BCUT2D eigenvalue weighted by Crippen LogP contribution is 2.28. The summed E-state index contributed by atoms with van der Waals surface area (Å²) in [5.74, 6) is 0.0512. The van der Waals surface area contributed by atoms with Crippen molar-refractivity contribution in [3.63, 3.8) is 0 Å². The number of hydrogen-bond donors (Lipinski definition) is 0. The number of hydrogen-bond acceptors (Lipinski definition) is 4. The third kappa shape index (κ3) is 3.45. The number of nitrogens with zero attached hydrogens (tertiary/aromatic N) is 4. The molecule has 5 nitrogen and oxygen atoms in total. The monoisotopic (exact) mass is 298 g/mol. The number of Topliss-reactive ketones (excluding diaryl/α,β-unsaturated/α-hetero) is 1. The van der Waals surface area contributed by atoms with E-state index < -0.39 is 17.5 Å². The summed E-state index contributed by atoms with van der Waals surface area (Å²) in [6.07, 6.45) is -2.54. The molecule has 0 unspecified atom stereocenters. The van der Waals surface area contributed by atoms with Crippen LogP contribution in [0, 0.1) is 0 Å². The Morgan fingerprint density at radius 3 is 2.52 bits per heavy atom. The van der Waals surface area contributed by atoms with Gasteiger partial charge in [0, 0.05) is 12.2 Å². The number of carbonyl (C=O) groups is 1. The molecular formula is C13H13F3N4O. The molecule has 0 fully saturated rings. The van der Waals surface area contributed by atoms with E-state index in [1.165, 1.54) is 6.33 Å². The van der Waals surface area contributed by atoms with Gasteiger partial charge in [-0.2, -0.15) is 18.3 Å². The topological polar surface area (TPSA) is 60.7 Å². The lowest BCUT2D eigenvalue weighted by Crippen LogP contribution is -2.14. The predicted octanol–water partition coefficient (Wildman–Crippen LogP) is 2.70. The molecule has 2 aromatic rings. The fourth-order valence-corrected chi connectivity index (χ4v) is 1.79. The number of ketones is 1. The highest BCUT2D eigenvalue weighted by molar-refractivity contribution is 5.95. The first-order chi connectivity index (χ1) is 9.79. The zero-order chi connectivity index (χ0) is 15.6. The molecule has 112 valence electrons. The lowest BCUT2D eigenvalue weighted by atomic mass is 10.1. The van der Waals surface area contributed by atoms with E-state index in [0.29, 0.717) is 12.0 Å². The van der Waals surface area contributed by atoms with E-state index in [-0.39, 0.29) is 18.2 Å². The van der Waals surface area contributed by atoms with Crippen LogP contribution in [0.4, 0.5) is 13.2 Å². The normalized spacial score (nSPS) is 11.9. The highest BCUT2D eigenvalue weighted by atomic mass is 19.4. The van der Waals surface area contributed by atoms with Crippen LogP contribution in [0.25, 0.3) is 0 Å². The third-order valence-corrected chi connectivity index (χ3v) is 2.83. The minimum atomic E-state index is -4.47. The molecule has 21 heavy (non-hydrogen) atoms. The van der Waals surface area contributed by atoms with Gasteiger partial charge in [-0.25, -0.2) is 9.67 Å². The van der Waals surface area contributed by atoms with Crippen molar-refractivity contribution in [1.29, 1.82) is 0 Å². The van der Waals surface area contributed by atoms with E-state index >= 15 is 0 Å². The van der Waals surface area contributed by atoms with Gasteiger partial charge in [0.1, 0.15) is 17.8 Å². The molecule has 0 saturated heterocycles. The molecule has 0 saturated carbocycles. The fraction of sp³-hybridized carbons (Fsp3) is 0.385. The Bertz CT molecular complexity index is 632. The van der Waals surface area contributed by atoms with Crippen LogP contribution in [0.3, 0.4) is 0 Å². The van der Waals surface area contributed by atoms with Gasteiger partial charge < -0.3 is 0 Å². The molecule has 0 bridgehead atoms. The highest BCUT2D eigenvalue weighted by Gasteiger charge is 2.31. The maximum atomic E-state index is 12.4. The van der Waals surface area contributed by atoms with Crippen molar-refractivity contribution in [2.24, 2.45) is 0 Å². The molecule has 8 heteroatoms. The number of pyridine rings is 1. The van der Waals surface area contributed by atoms with Gasteiger partial charge in [0.25, 0.3) is 0 Å². The van der Waals surface area contributed by atoms with Gasteiger partial charge >= 0.3 is 6.18 Å². The molecule has 0 N–H and O–H groups in total. The van der Waals surface area contributed by atoms with Gasteiger partial charge in [-0.3, -0.25) is 9.78 Å². The Labute approximate surface area is 118 Å². The van der Waals surface area contributed by atoms with E-state index in [2.05, 4.69) is 15.1 Å². The van der Waals surface area contributed by atoms with Crippen molar-refractivity contribution in [2.75, 3.05) is 0 Å². The second-order valence-electron chi connectivity index (χ2n) is 4.74. The average Bonchev–Trinajstić information content (AvgIpc) is 2.86. The van der Waals surface area contributed by atoms with Gasteiger partial charge in [0.2, 0.25) is 0 Å². The first-order valence-electron chi connectivity index (χ1n) is 6.24. The van der Waals surface area contributed by atoms with Crippen molar-refractivity contribution in [1.82, 2.24) is 19.7 Å². The first kappa shape index (κ1) is 15.1. The maximum absolute atomic E-state index is 12.4. The molecule has 2 rings (SSSR count). The van der Waals surface area contributed by atoms with Crippen molar-refractivity contribution < 1.29 is 18.0 Å². The van der Waals surface area contributed by atoms with Gasteiger partial charge in [-0.1, -0.05) is 0 Å². The smallest absolute Gasteiger partial charge is 0.292 e. The Morgan fingerprint density at radius 2 is 2.00 bits per heavy atom. The molecule has 0 amide bonds. The van der Waals surface area contributed by atoms with Crippen LogP contribution < -0.4 is 0 Å². The summed E-state index contributed by atoms with van der Waals surface area (Å²) in [6.45, 7) is 3.78. The molecular weight excluding hydrogens is 285 g/mol. The van der Waals surface area contributed by atoms with E-state index in [1.807, 2.05) is 13.8 Å². The number of alkyl halides is 3. The van der Waals surface area contributed by atoms with Crippen molar-refractivity contribution in [3.8, 4) is 0 Å². The predicted molar refractivity (Wildman–Crippen MR) is 67.7 cm³/mol. The molecule has 2 heterocycles.